The van der Waals surface area contributed by atoms with Crippen LogP contribution in [0, 0.1) is 6.92 Å². The van der Waals surface area contributed by atoms with Gasteiger partial charge in [0.25, 0.3) is 5.91 Å². The summed E-state index contributed by atoms with van der Waals surface area (Å²) in [5.41, 5.74) is 0.690. The molecular formula is C14H18N2O3. The van der Waals surface area contributed by atoms with Gasteiger partial charge in [-0.3, -0.25) is 4.79 Å². The Balaban J connectivity index is 3.09. The summed E-state index contributed by atoms with van der Waals surface area (Å²) >= 11 is 0. The fourth-order valence-corrected chi connectivity index (χ4v) is 1.72. The maximum Gasteiger partial charge on any atom is 0.337 e. The van der Waals surface area contributed by atoms with Crippen molar-refractivity contribution in [3.8, 4) is 0 Å². The molecule has 5 nitrogen and oxygen atoms in total. The lowest BCUT2D eigenvalue weighted by Crippen LogP contribution is -2.37. The molecule has 0 atom stereocenters. The summed E-state index contributed by atoms with van der Waals surface area (Å²) in [5.74, 6) is -1.27. The number of amides is 1. The molecule has 1 aromatic heterocycles. The number of carbonyl (C=O) groups excluding carboxylic acids is 1. The number of pyridine rings is 1. The maximum absolute atomic E-state index is 12.3. The van der Waals surface area contributed by atoms with Gasteiger partial charge in [-0.25, -0.2) is 9.78 Å². The summed E-state index contributed by atoms with van der Waals surface area (Å²) in [7, 11) is 0. The first-order chi connectivity index (χ1) is 8.88. The Morgan fingerprint density at radius 3 is 2.53 bits per heavy atom. The van der Waals surface area contributed by atoms with Crippen LogP contribution in [0.4, 0.5) is 0 Å². The van der Waals surface area contributed by atoms with Crippen LogP contribution in [-0.2, 0) is 0 Å². The minimum atomic E-state index is -1.05. The number of nitrogens with zero attached hydrogens (tertiary/aromatic N) is 2. The van der Waals surface area contributed by atoms with Crippen LogP contribution < -0.4 is 0 Å². The van der Waals surface area contributed by atoms with E-state index in [4.69, 9.17) is 5.11 Å². The van der Waals surface area contributed by atoms with Crippen LogP contribution in [0.25, 0.3) is 0 Å². The van der Waals surface area contributed by atoms with E-state index in [1.807, 2.05) is 13.8 Å². The van der Waals surface area contributed by atoms with Crippen molar-refractivity contribution in [2.24, 2.45) is 0 Å². The SMILES string of the molecule is C=CCN(C(=O)c1ccc(C(=O)O)c(C)n1)C(C)C. The van der Waals surface area contributed by atoms with E-state index in [0.29, 0.717) is 12.2 Å². The van der Waals surface area contributed by atoms with Crippen molar-refractivity contribution in [1.82, 2.24) is 9.88 Å². The smallest absolute Gasteiger partial charge is 0.337 e. The number of hydrogen-bond donors (Lipinski definition) is 1. The van der Waals surface area contributed by atoms with Gasteiger partial charge in [-0.2, -0.15) is 0 Å². The van der Waals surface area contributed by atoms with E-state index < -0.39 is 5.97 Å². The van der Waals surface area contributed by atoms with Gasteiger partial charge in [0.1, 0.15) is 5.69 Å². The highest BCUT2D eigenvalue weighted by Crippen LogP contribution is 2.11. The molecular weight excluding hydrogens is 244 g/mol. The number of rotatable bonds is 5. The van der Waals surface area contributed by atoms with Crippen molar-refractivity contribution in [2.75, 3.05) is 6.54 Å². The fourth-order valence-electron chi connectivity index (χ4n) is 1.72. The number of carboxylic acids is 1. The monoisotopic (exact) mass is 262 g/mol. The lowest BCUT2D eigenvalue weighted by molar-refractivity contribution is 0.0688. The fraction of sp³-hybridized carbons (Fsp3) is 0.357. The van der Waals surface area contributed by atoms with Crippen molar-refractivity contribution in [1.29, 1.82) is 0 Å². The quantitative estimate of drug-likeness (QED) is 0.825. The van der Waals surface area contributed by atoms with Gasteiger partial charge < -0.3 is 10.0 Å². The summed E-state index contributed by atoms with van der Waals surface area (Å²) in [6.07, 6.45) is 1.65. The van der Waals surface area contributed by atoms with Crippen LogP contribution in [0.15, 0.2) is 24.8 Å². The highest BCUT2D eigenvalue weighted by Gasteiger charge is 2.20. The average Bonchev–Trinajstić information content (AvgIpc) is 2.34. The molecule has 1 heterocycles. The minimum absolute atomic E-state index is 0.0201. The molecule has 19 heavy (non-hydrogen) atoms. The standard InChI is InChI=1S/C14H18N2O3/c1-5-8-16(9(2)3)13(17)12-7-6-11(14(18)19)10(4)15-12/h5-7,9H,1,8H2,2-4H3,(H,18,19). The highest BCUT2D eigenvalue weighted by molar-refractivity contribution is 5.94. The molecule has 0 bridgehead atoms. The van der Waals surface area contributed by atoms with Gasteiger partial charge in [0.15, 0.2) is 0 Å². The largest absolute Gasteiger partial charge is 0.478 e. The van der Waals surface area contributed by atoms with E-state index >= 15 is 0 Å². The van der Waals surface area contributed by atoms with Crippen LogP contribution >= 0.6 is 0 Å². The van der Waals surface area contributed by atoms with Crippen LogP contribution in [0.5, 0.6) is 0 Å². The molecule has 0 saturated carbocycles. The Labute approximate surface area is 112 Å². The van der Waals surface area contributed by atoms with E-state index in [0.717, 1.165) is 0 Å². The number of aryl methyl sites for hydroxylation is 1. The molecule has 1 N–H and O–H groups in total. The van der Waals surface area contributed by atoms with Gasteiger partial charge in [-0.15, -0.1) is 6.58 Å². The van der Waals surface area contributed by atoms with Gasteiger partial charge in [-0.1, -0.05) is 6.08 Å². The zero-order chi connectivity index (χ0) is 14.6. The van der Waals surface area contributed by atoms with E-state index in [2.05, 4.69) is 11.6 Å². The summed E-state index contributed by atoms with van der Waals surface area (Å²) < 4.78 is 0. The maximum atomic E-state index is 12.3. The number of aromatic carboxylic acids is 1. The van der Waals surface area contributed by atoms with Crippen molar-refractivity contribution in [2.45, 2.75) is 26.8 Å². The van der Waals surface area contributed by atoms with E-state index in [1.54, 1.807) is 17.9 Å². The molecule has 0 spiro atoms. The highest BCUT2D eigenvalue weighted by atomic mass is 16.4. The summed E-state index contributed by atoms with van der Waals surface area (Å²) in [5, 5.41) is 8.93. The third kappa shape index (κ3) is 3.40. The minimum Gasteiger partial charge on any atom is -0.478 e. The van der Waals surface area contributed by atoms with E-state index in [-0.39, 0.29) is 23.2 Å². The third-order valence-electron chi connectivity index (χ3n) is 2.75. The molecule has 1 aromatic rings. The molecule has 0 aromatic carbocycles. The molecule has 0 radical (unpaired) electrons. The zero-order valence-corrected chi connectivity index (χ0v) is 11.4. The van der Waals surface area contributed by atoms with Crippen LogP contribution in [0.1, 0.15) is 40.4 Å². The van der Waals surface area contributed by atoms with Crippen molar-refractivity contribution < 1.29 is 14.7 Å². The summed E-state index contributed by atoms with van der Waals surface area (Å²) in [6.45, 7) is 9.43. The van der Waals surface area contributed by atoms with Crippen LogP contribution in [0.3, 0.4) is 0 Å². The lowest BCUT2D eigenvalue weighted by atomic mass is 10.1. The van der Waals surface area contributed by atoms with Crippen molar-refractivity contribution >= 4 is 11.9 Å². The third-order valence-corrected chi connectivity index (χ3v) is 2.75. The lowest BCUT2D eigenvalue weighted by Gasteiger charge is -2.25. The van der Waals surface area contributed by atoms with Gasteiger partial charge in [0, 0.05) is 12.6 Å². The Hall–Kier alpha value is -2.17. The summed E-state index contributed by atoms with van der Waals surface area (Å²) in [6, 6.07) is 2.87. The summed E-state index contributed by atoms with van der Waals surface area (Å²) in [4.78, 5) is 28.9. The van der Waals surface area contributed by atoms with Gasteiger partial charge in [0.05, 0.1) is 11.3 Å². The molecule has 1 amide bonds. The second kappa shape index (κ2) is 6.13. The molecule has 0 aliphatic rings. The second-order valence-electron chi connectivity index (χ2n) is 4.47. The molecule has 0 aliphatic carbocycles. The number of carboxylic acid groups (broad SMARTS) is 1. The van der Waals surface area contributed by atoms with Gasteiger partial charge >= 0.3 is 5.97 Å². The van der Waals surface area contributed by atoms with Crippen LogP contribution in [0.2, 0.25) is 0 Å². The molecule has 0 saturated heterocycles. The second-order valence-corrected chi connectivity index (χ2v) is 4.47. The molecule has 1 rings (SSSR count). The Kier molecular flexibility index (Phi) is 4.80. The first kappa shape index (κ1) is 14.9. The van der Waals surface area contributed by atoms with Crippen LogP contribution in [-0.4, -0.2) is 39.5 Å². The zero-order valence-electron chi connectivity index (χ0n) is 11.4. The van der Waals surface area contributed by atoms with Crippen molar-refractivity contribution in [3.63, 3.8) is 0 Å². The normalized spacial score (nSPS) is 10.3. The predicted molar refractivity (Wildman–Crippen MR) is 72.3 cm³/mol. The molecule has 5 heteroatoms. The predicted octanol–water partition coefficient (Wildman–Crippen LogP) is 2.12. The molecule has 0 aliphatic heterocycles. The topological polar surface area (TPSA) is 70.5 Å². The number of aromatic nitrogens is 1. The first-order valence-corrected chi connectivity index (χ1v) is 6.01. The molecule has 0 unspecified atom stereocenters. The van der Waals surface area contributed by atoms with Gasteiger partial charge in [0.2, 0.25) is 0 Å². The number of carbonyl (C=O) groups is 2. The first-order valence-electron chi connectivity index (χ1n) is 6.01. The Bertz CT molecular complexity index is 509. The van der Waals surface area contributed by atoms with E-state index in [9.17, 15) is 9.59 Å². The average molecular weight is 262 g/mol. The van der Waals surface area contributed by atoms with Crippen molar-refractivity contribution in [3.05, 3.63) is 41.7 Å². The van der Waals surface area contributed by atoms with Gasteiger partial charge in [-0.05, 0) is 32.9 Å². The Morgan fingerprint density at radius 2 is 2.11 bits per heavy atom. The molecule has 0 fully saturated rings. The van der Waals surface area contributed by atoms with E-state index in [1.165, 1.54) is 12.1 Å². The number of hydrogen-bond acceptors (Lipinski definition) is 3. The molecule has 102 valence electrons. The Morgan fingerprint density at radius 1 is 1.47 bits per heavy atom.